The number of hydrogen-bond acceptors (Lipinski definition) is 8. The summed E-state index contributed by atoms with van der Waals surface area (Å²) in [5, 5.41) is 14.8. The van der Waals surface area contributed by atoms with Crippen LogP contribution in [0.3, 0.4) is 0 Å². The molecule has 0 spiro atoms. The van der Waals surface area contributed by atoms with Gasteiger partial charge < -0.3 is 21.1 Å². The molecule has 0 aromatic heterocycles. The topological polar surface area (TPSA) is 170 Å². The quantitative estimate of drug-likeness (QED) is 0.111. The lowest BCUT2D eigenvalue weighted by Crippen LogP contribution is -2.57. The Balaban J connectivity index is 1.60. The average molecular weight is 740 g/mol. The number of nitrogens with one attached hydrogen (secondary N) is 1. The van der Waals surface area contributed by atoms with Gasteiger partial charge in [-0.2, -0.15) is 4.31 Å². The number of ketones is 1. The number of imide groups is 1. The molecule has 0 saturated carbocycles. The number of nitrogens with zero attached hydrogens (tertiary/aromatic N) is 3. The molecule has 1 unspecified atom stereocenters. The zero-order valence-corrected chi connectivity index (χ0v) is 31.0. The van der Waals surface area contributed by atoms with Gasteiger partial charge in [0.05, 0.1) is 34.3 Å². The Kier molecular flexibility index (Phi) is 13.0. The fourth-order valence-corrected chi connectivity index (χ4v) is 7.85. The second-order valence-electron chi connectivity index (χ2n) is 13.6. The van der Waals surface area contributed by atoms with Crippen molar-refractivity contribution in [1.29, 1.82) is 0 Å². The van der Waals surface area contributed by atoms with Crippen LogP contribution in [0.4, 0.5) is 10.5 Å². The number of rotatable bonds is 16. The Morgan fingerprint density at radius 1 is 0.961 bits per heavy atom. The Bertz CT molecular complexity index is 1850. The Labute approximate surface area is 304 Å². The number of sulfonamides is 1. The van der Waals surface area contributed by atoms with Crippen molar-refractivity contribution < 1.29 is 32.7 Å². The molecule has 12 nitrogen and oxygen atoms in total. The van der Waals surface area contributed by atoms with Crippen molar-refractivity contribution in [2.45, 2.75) is 70.7 Å². The van der Waals surface area contributed by atoms with Crippen molar-refractivity contribution >= 4 is 50.9 Å². The molecule has 4 amide bonds. The largest absolute Gasteiger partial charge is 0.397 e. The van der Waals surface area contributed by atoms with Crippen molar-refractivity contribution in [3.8, 4) is 0 Å². The van der Waals surface area contributed by atoms with Gasteiger partial charge in [-0.05, 0) is 60.6 Å². The molecule has 3 aromatic rings. The van der Waals surface area contributed by atoms with Crippen LogP contribution in [0.2, 0.25) is 5.02 Å². The number of carbonyl (C=O) groups is 4. The van der Waals surface area contributed by atoms with Gasteiger partial charge in [0.2, 0.25) is 15.9 Å². The van der Waals surface area contributed by atoms with Crippen molar-refractivity contribution in [3.05, 3.63) is 94.5 Å². The number of benzene rings is 3. The maximum Gasteiger partial charge on any atom is 0.328 e. The van der Waals surface area contributed by atoms with E-state index in [0.29, 0.717) is 11.1 Å². The molecule has 1 fully saturated rings. The minimum atomic E-state index is -4.15. The normalized spacial score (nSPS) is 15.5. The van der Waals surface area contributed by atoms with Gasteiger partial charge in [0.1, 0.15) is 12.6 Å². The minimum absolute atomic E-state index is 0.0676. The number of urea groups is 1. The summed E-state index contributed by atoms with van der Waals surface area (Å²) in [6, 6.07) is 17.1. The molecule has 4 N–H and O–H groups in total. The highest BCUT2D eigenvalue weighted by Crippen LogP contribution is 2.26. The Morgan fingerprint density at radius 2 is 1.63 bits per heavy atom. The second-order valence-corrected chi connectivity index (χ2v) is 16.0. The standard InChI is InChI=1S/C37H46ClN5O7S/c1-23(2)19-41(51(49,50)29-14-15-30(38)31(39)18-29)21-33(45)32(17-26-10-7-6-8-11-26)40-36(47)35(24(3)4)43-22-34(46)42(37(43)48)20-27-12-9-13-28(16-27)25(5)44/h6-16,18,23-24,32-33,35,45H,17,19-22,39H2,1-5H3,(H,40,47)/t32-,33-,35?/m0/s1. The highest BCUT2D eigenvalue weighted by Gasteiger charge is 2.44. The predicted molar refractivity (Wildman–Crippen MR) is 195 cm³/mol. The van der Waals surface area contributed by atoms with E-state index in [9.17, 15) is 32.7 Å². The third-order valence-corrected chi connectivity index (χ3v) is 10.8. The first-order valence-corrected chi connectivity index (χ1v) is 18.6. The van der Waals surface area contributed by atoms with Crippen LogP contribution in [0.25, 0.3) is 0 Å². The van der Waals surface area contributed by atoms with Crippen LogP contribution < -0.4 is 11.1 Å². The first-order valence-electron chi connectivity index (χ1n) is 16.8. The van der Waals surface area contributed by atoms with Gasteiger partial charge in [0, 0.05) is 18.7 Å². The third kappa shape index (κ3) is 9.73. The molecular weight excluding hydrogens is 694 g/mol. The lowest BCUT2D eigenvalue weighted by Gasteiger charge is -2.34. The summed E-state index contributed by atoms with van der Waals surface area (Å²) in [5.74, 6) is -1.80. The first-order chi connectivity index (χ1) is 24.0. The molecule has 274 valence electrons. The minimum Gasteiger partial charge on any atom is -0.397 e. The van der Waals surface area contributed by atoms with Gasteiger partial charge in [0.25, 0.3) is 5.91 Å². The maximum absolute atomic E-state index is 14.1. The Morgan fingerprint density at radius 3 is 2.24 bits per heavy atom. The number of anilines is 1. The summed E-state index contributed by atoms with van der Waals surface area (Å²) in [6.07, 6.45) is -1.24. The fraction of sp³-hybridized carbons (Fsp3) is 0.405. The summed E-state index contributed by atoms with van der Waals surface area (Å²) in [5.41, 5.74) is 7.82. The first kappa shape index (κ1) is 39.5. The molecule has 1 saturated heterocycles. The van der Waals surface area contributed by atoms with Gasteiger partial charge >= 0.3 is 6.03 Å². The summed E-state index contributed by atoms with van der Waals surface area (Å²) in [6.45, 7) is 7.92. The van der Waals surface area contributed by atoms with E-state index in [0.717, 1.165) is 14.8 Å². The van der Waals surface area contributed by atoms with E-state index in [4.69, 9.17) is 17.3 Å². The van der Waals surface area contributed by atoms with Gasteiger partial charge in [-0.25, -0.2) is 13.2 Å². The van der Waals surface area contributed by atoms with E-state index in [1.165, 1.54) is 30.0 Å². The van der Waals surface area contributed by atoms with Gasteiger partial charge in [-0.15, -0.1) is 0 Å². The molecule has 3 atom stereocenters. The number of Topliss-reactive ketones (excluding diaryl/α,β-unsaturated/α-hetero) is 1. The summed E-state index contributed by atoms with van der Waals surface area (Å²) in [7, 11) is -4.15. The molecule has 51 heavy (non-hydrogen) atoms. The average Bonchev–Trinajstić information content (AvgIpc) is 3.33. The summed E-state index contributed by atoms with van der Waals surface area (Å²) >= 11 is 6.05. The summed E-state index contributed by atoms with van der Waals surface area (Å²) in [4.78, 5) is 55.0. The lowest BCUT2D eigenvalue weighted by atomic mass is 9.97. The van der Waals surface area contributed by atoms with Crippen molar-refractivity contribution in [1.82, 2.24) is 19.4 Å². The number of hydrogen-bond donors (Lipinski definition) is 3. The highest BCUT2D eigenvalue weighted by molar-refractivity contribution is 7.89. The second kappa shape index (κ2) is 16.8. The molecule has 1 aliphatic rings. The van der Waals surface area contributed by atoms with E-state index in [2.05, 4.69) is 5.32 Å². The third-order valence-electron chi connectivity index (χ3n) is 8.65. The molecule has 0 bridgehead atoms. The highest BCUT2D eigenvalue weighted by atomic mass is 35.5. The van der Waals surface area contributed by atoms with Gasteiger partial charge in [0.15, 0.2) is 5.78 Å². The zero-order valence-electron chi connectivity index (χ0n) is 29.5. The molecule has 1 heterocycles. The maximum atomic E-state index is 14.1. The van der Waals surface area contributed by atoms with Crippen molar-refractivity contribution in [3.63, 3.8) is 0 Å². The molecule has 1 aliphatic heterocycles. The van der Waals surface area contributed by atoms with Crippen LogP contribution >= 0.6 is 11.6 Å². The smallest absolute Gasteiger partial charge is 0.328 e. The van der Waals surface area contributed by atoms with Crippen LogP contribution in [0.15, 0.2) is 77.7 Å². The SMILES string of the molecule is CC(=O)c1cccc(CN2C(=O)CN(C(C(=O)N[C@@H](Cc3ccccc3)[C@@H](O)CN(CC(C)C)S(=O)(=O)c3ccc(Cl)c(N)c3)C(C)C)C2=O)c1. The Hall–Kier alpha value is -4.30. The zero-order chi connectivity index (χ0) is 37.6. The van der Waals surface area contributed by atoms with Crippen LogP contribution in [-0.4, -0.2) is 89.1 Å². The van der Waals surface area contributed by atoms with Crippen LogP contribution in [0, 0.1) is 11.8 Å². The van der Waals surface area contributed by atoms with E-state index in [1.54, 1.807) is 38.1 Å². The van der Waals surface area contributed by atoms with E-state index >= 15 is 0 Å². The van der Waals surface area contributed by atoms with E-state index in [1.807, 2.05) is 44.2 Å². The number of aliphatic hydroxyl groups excluding tert-OH is 1. The molecule has 3 aromatic carbocycles. The fourth-order valence-electron chi connectivity index (χ4n) is 6.07. The molecule has 0 radical (unpaired) electrons. The van der Waals surface area contributed by atoms with E-state index < -0.39 is 52.0 Å². The number of nitrogen functional groups attached to an aromatic ring is 1. The predicted octanol–water partition coefficient (Wildman–Crippen LogP) is 4.35. The van der Waals surface area contributed by atoms with Crippen LogP contribution in [0.1, 0.15) is 56.1 Å². The molecular formula is C37H46ClN5O7S. The molecule has 0 aliphatic carbocycles. The molecule has 4 rings (SSSR count). The van der Waals surface area contributed by atoms with Gasteiger partial charge in [-0.1, -0.05) is 87.8 Å². The number of carbonyl (C=O) groups excluding carboxylic acids is 4. The van der Waals surface area contributed by atoms with E-state index in [-0.39, 0.29) is 59.9 Å². The number of nitrogens with two attached hydrogens (primary N) is 1. The van der Waals surface area contributed by atoms with Crippen molar-refractivity contribution in [2.24, 2.45) is 11.8 Å². The monoisotopic (exact) mass is 739 g/mol. The lowest BCUT2D eigenvalue weighted by molar-refractivity contribution is -0.129. The van der Waals surface area contributed by atoms with Crippen LogP contribution in [0.5, 0.6) is 0 Å². The number of aliphatic hydroxyl groups is 1. The van der Waals surface area contributed by atoms with Gasteiger partial charge in [-0.3, -0.25) is 19.3 Å². The number of amides is 4. The van der Waals surface area contributed by atoms with Crippen molar-refractivity contribution in [2.75, 3.05) is 25.4 Å². The van der Waals surface area contributed by atoms with Crippen LogP contribution in [-0.2, 0) is 32.6 Å². The molecule has 14 heteroatoms. The summed E-state index contributed by atoms with van der Waals surface area (Å²) < 4.78 is 28.9. The number of halogens is 1.